The zero-order valence-corrected chi connectivity index (χ0v) is 13.0. The lowest BCUT2D eigenvalue weighted by atomic mass is 9.48. The van der Waals surface area contributed by atoms with Crippen molar-refractivity contribution in [2.75, 3.05) is 0 Å². The fourth-order valence-corrected chi connectivity index (χ4v) is 4.14. The zero-order chi connectivity index (χ0) is 14.8. The van der Waals surface area contributed by atoms with Gasteiger partial charge in [-0.1, -0.05) is 50.4 Å². The van der Waals surface area contributed by atoms with Gasteiger partial charge >= 0.3 is 5.97 Å². The molecule has 110 valence electrons. The second kappa shape index (κ2) is 5.77. The number of hydrogen-bond acceptors (Lipinski definition) is 1. The van der Waals surface area contributed by atoms with Crippen molar-refractivity contribution in [1.82, 2.24) is 0 Å². The van der Waals surface area contributed by atoms with Crippen LogP contribution in [0.15, 0.2) is 24.3 Å². The first-order valence-corrected chi connectivity index (χ1v) is 7.85. The smallest absolute Gasteiger partial charge is 0.314 e. The van der Waals surface area contributed by atoms with Gasteiger partial charge in [-0.2, -0.15) is 0 Å². The van der Waals surface area contributed by atoms with Gasteiger partial charge in [-0.15, -0.1) is 0 Å². The maximum atomic E-state index is 11.9. The third-order valence-electron chi connectivity index (χ3n) is 4.72. The van der Waals surface area contributed by atoms with Gasteiger partial charge in [0.15, 0.2) is 0 Å². The quantitative estimate of drug-likeness (QED) is 0.798. The van der Waals surface area contributed by atoms with E-state index < -0.39 is 11.4 Å². The maximum Gasteiger partial charge on any atom is 0.314 e. The Morgan fingerprint density at radius 2 is 1.65 bits per heavy atom. The van der Waals surface area contributed by atoms with Crippen molar-refractivity contribution in [2.24, 2.45) is 5.41 Å². The summed E-state index contributed by atoms with van der Waals surface area (Å²) >= 11 is 5.91. The Morgan fingerprint density at radius 1 is 1.15 bits per heavy atom. The van der Waals surface area contributed by atoms with Crippen molar-refractivity contribution in [1.29, 1.82) is 0 Å². The van der Waals surface area contributed by atoms with Crippen LogP contribution in [0.3, 0.4) is 0 Å². The fraction of sp³-hybridized carbons (Fsp3) is 0.588. The van der Waals surface area contributed by atoms with Crippen molar-refractivity contribution in [3.63, 3.8) is 0 Å². The molecule has 0 aliphatic heterocycles. The van der Waals surface area contributed by atoms with Crippen LogP contribution in [0.5, 0.6) is 0 Å². The number of rotatable bonds is 6. The van der Waals surface area contributed by atoms with Crippen LogP contribution in [0.1, 0.15) is 57.9 Å². The van der Waals surface area contributed by atoms with Crippen LogP contribution in [0.4, 0.5) is 0 Å². The standard InChI is InChI=1S/C17H23ClO2/c1-3-9-16(10-4-2)11-17(12-16,15(19)20)13-5-7-14(18)8-6-13/h5-8H,3-4,9-12H2,1-2H3,(H,19,20). The van der Waals surface area contributed by atoms with Gasteiger partial charge in [0.1, 0.15) is 0 Å². The number of halogens is 1. The van der Waals surface area contributed by atoms with E-state index in [1.165, 1.54) is 0 Å². The van der Waals surface area contributed by atoms with Crippen LogP contribution in [0.25, 0.3) is 0 Å². The van der Waals surface area contributed by atoms with E-state index in [4.69, 9.17) is 11.6 Å². The highest BCUT2D eigenvalue weighted by atomic mass is 35.5. The first kappa shape index (κ1) is 15.4. The Balaban J connectivity index is 2.27. The summed E-state index contributed by atoms with van der Waals surface area (Å²) < 4.78 is 0. The Labute approximate surface area is 126 Å². The summed E-state index contributed by atoms with van der Waals surface area (Å²) in [5.74, 6) is -0.692. The molecule has 1 saturated carbocycles. The average molecular weight is 295 g/mol. The molecule has 1 aliphatic rings. The Bertz CT molecular complexity index is 464. The fourth-order valence-electron chi connectivity index (χ4n) is 4.02. The number of hydrogen-bond donors (Lipinski definition) is 1. The van der Waals surface area contributed by atoms with Crippen LogP contribution < -0.4 is 0 Å². The number of carbonyl (C=O) groups is 1. The van der Waals surface area contributed by atoms with E-state index in [9.17, 15) is 9.90 Å². The largest absolute Gasteiger partial charge is 0.481 e. The molecule has 3 heteroatoms. The first-order chi connectivity index (χ1) is 9.48. The van der Waals surface area contributed by atoms with Crippen LogP contribution in [0, 0.1) is 5.41 Å². The Kier molecular flexibility index (Phi) is 4.43. The molecule has 2 rings (SSSR count). The molecule has 0 saturated heterocycles. The first-order valence-electron chi connectivity index (χ1n) is 7.47. The van der Waals surface area contributed by atoms with Crippen molar-refractivity contribution in [3.8, 4) is 0 Å². The van der Waals surface area contributed by atoms with E-state index in [1.807, 2.05) is 12.1 Å². The van der Waals surface area contributed by atoms with Gasteiger partial charge in [0.2, 0.25) is 0 Å². The molecule has 1 aliphatic carbocycles. The summed E-state index contributed by atoms with van der Waals surface area (Å²) in [5.41, 5.74) is 0.424. The van der Waals surface area contributed by atoms with Gasteiger partial charge in [0.05, 0.1) is 5.41 Å². The number of benzene rings is 1. The number of carboxylic acid groups (broad SMARTS) is 1. The molecule has 0 aromatic heterocycles. The predicted octanol–water partition coefficient (Wildman–Crippen LogP) is 5.04. The SMILES string of the molecule is CCCC1(CCC)CC(C(=O)O)(c2ccc(Cl)cc2)C1. The minimum Gasteiger partial charge on any atom is -0.481 e. The zero-order valence-electron chi connectivity index (χ0n) is 12.3. The van der Waals surface area contributed by atoms with Crippen molar-refractivity contribution < 1.29 is 9.90 Å². The maximum absolute atomic E-state index is 11.9. The minimum absolute atomic E-state index is 0.224. The molecule has 0 unspecified atom stereocenters. The average Bonchev–Trinajstić information content (AvgIpc) is 2.36. The van der Waals surface area contributed by atoms with E-state index in [0.717, 1.165) is 44.1 Å². The summed E-state index contributed by atoms with van der Waals surface area (Å²) in [4.78, 5) is 11.9. The van der Waals surface area contributed by atoms with Crippen LogP contribution in [-0.4, -0.2) is 11.1 Å². The molecule has 0 spiro atoms. The molecule has 1 fully saturated rings. The highest BCUT2D eigenvalue weighted by Crippen LogP contribution is 2.60. The van der Waals surface area contributed by atoms with Crippen LogP contribution in [-0.2, 0) is 10.2 Å². The van der Waals surface area contributed by atoms with Gasteiger partial charge in [0, 0.05) is 5.02 Å². The lowest BCUT2D eigenvalue weighted by Crippen LogP contribution is -2.54. The molecule has 0 bridgehead atoms. The summed E-state index contributed by atoms with van der Waals surface area (Å²) in [6.45, 7) is 4.36. The molecule has 0 atom stereocenters. The molecular weight excluding hydrogens is 272 g/mol. The second-order valence-corrected chi connectivity index (χ2v) is 6.68. The van der Waals surface area contributed by atoms with Gasteiger partial charge in [0.25, 0.3) is 0 Å². The predicted molar refractivity (Wildman–Crippen MR) is 82.2 cm³/mol. The topological polar surface area (TPSA) is 37.3 Å². The van der Waals surface area contributed by atoms with Gasteiger partial charge < -0.3 is 5.11 Å². The molecule has 0 amide bonds. The summed E-state index contributed by atoms with van der Waals surface area (Å²) in [5, 5.41) is 10.4. The minimum atomic E-state index is -0.699. The number of aliphatic carboxylic acids is 1. The molecule has 0 heterocycles. The molecule has 0 radical (unpaired) electrons. The van der Waals surface area contributed by atoms with Crippen LogP contribution >= 0.6 is 11.6 Å². The summed E-state index contributed by atoms with van der Waals surface area (Å²) in [7, 11) is 0. The van der Waals surface area contributed by atoms with E-state index in [-0.39, 0.29) is 5.41 Å². The normalized spacial score (nSPS) is 19.4. The lowest BCUT2D eigenvalue weighted by Gasteiger charge is -2.55. The summed E-state index contributed by atoms with van der Waals surface area (Å²) in [6.07, 6.45) is 6.02. The molecule has 1 N–H and O–H groups in total. The van der Waals surface area contributed by atoms with Crippen molar-refractivity contribution in [2.45, 2.75) is 57.8 Å². The van der Waals surface area contributed by atoms with E-state index >= 15 is 0 Å². The molecule has 20 heavy (non-hydrogen) atoms. The highest BCUT2D eigenvalue weighted by Gasteiger charge is 2.58. The third kappa shape index (κ3) is 2.58. The van der Waals surface area contributed by atoms with Crippen molar-refractivity contribution in [3.05, 3.63) is 34.9 Å². The highest BCUT2D eigenvalue weighted by molar-refractivity contribution is 6.30. The van der Waals surface area contributed by atoms with Gasteiger partial charge in [-0.3, -0.25) is 4.79 Å². The molecule has 1 aromatic rings. The Morgan fingerprint density at radius 3 is 2.05 bits per heavy atom. The molecule has 1 aromatic carbocycles. The molecular formula is C17H23ClO2. The Hall–Kier alpha value is -1.02. The third-order valence-corrected chi connectivity index (χ3v) is 4.97. The van der Waals surface area contributed by atoms with E-state index in [1.54, 1.807) is 12.1 Å². The second-order valence-electron chi connectivity index (χ2n) is 6.25. The van der Waals surface area contributed by atoms with Gasteiger partial charge in [-0.25, -0.2) is 0 Å². The monoisotopic (exact) mass is 294 g/mol. The van der Waals surface area contributed by atoms with Crippen molar-refractivity contribution >= 4 is 17.6 Å². The van der Waals surface area contributed by atoms with Crippen LogP contribution in [0.2, 0.25) is 5.02 Å². The van der Waals surface area contributed by atoms with Gasteiger partial charge in [-0.05, 0) is 48.8 Å². The summed E-state index contributed by atoms with van der Waals surface area (Å²) in [6, 6.07) is 7.33. The van der Waals surface area contributed by atoms with E-state index in [2.05, 4.69) is 13.8 Å². The molecule has 2 nitrogen and oxygen atoms in total. The number of carboxylic acids is 1. The lowest BCUT2D eigenvalue weighted by molar-refractivity contribution is -0.155. The van der Waals surface area contributed by atoms with E-state index in [0.29, 0.717) is 5.02 Å².